The van der Waals surface area contributed by atoms with E-state index < -0.39 is 0 Å². The molecule has 1 aromatic rings. The second-order valence-corrected chi connectivity index (χ2v) is 4.78. The average Bonchev–Trinajstić information content (AvgIpc) is 2.34. The van der Waals surface area contributed by atoms with Crippen LogP contribution in [0.25, 0.3) is 0 Å². The summed E-state index contributed by atoms with van der Waals surface area (Å²) in [5.41, 5.74) is 3.17. The molecule has 3 nitrogen and oxygen atoms in total. The maximum absolute atomic E-state index is 13.0. The van der Waals surface area contributed by atoms with Gasteiger partial charge in [-0.1, -0.05) is 25.8 Å². The third kappa shape index (κ3) is 5.40. The van der Waals surface area contributed by atoms with Crippen LogP contribution in [0.3, 0.4) is 0 Å². The zero-order valence-corrected chi connectivity index (χ0v) is 11.8. The lowest BCUT2D eigenvalue weighted by Crippen LogP contribution is -2.16. The number of carbonyl (C=O) groups is 1. The average molecular weight is 315 g/mol. The van der Waals surface area contributed by atoms with Crippen LogP contribution in [0.5, 0.6) is 0 Å². The number of rotatable bonds is 6. The highest BCUT2D eigenvalue weighted by atomic mass is 79.9. The molecule has 18 heavy (non-hydrogen) atoms. The van der Waals surface area contributed by atoms with Gasteiger partial charge in [0.1, 0.15) is 5.82 Å². The third-order valence-corrected chi connectivity index (χ3v) is 2.96. The molecule has 0 saturated carbocycles. The predicted octanol–water partition coefficient (Wildman–Crippen LogP) is 3.62. The molecule has 0 aromatic heterocycles. The lowest BCUT2D eigenvalue weighted by molar-refractivity contribution is -0.121. The van der Waals surface area contributed by atoms with Crippen LogP contribution in [0.1, 0.15) is 38.2 Å². The van der Waals surface area contributed by atoms with Crippen molar-refractivity contribution in [3.8, 4) is 0 Å². The van der Waals surface area contributed by atoms with E-state index in [1.54, 1.807) is 12.1 Å². The number of unbranched alkanes of at least 4 members (excludes halogenated alkanes) is 2. The molecule has 0 fully saturated rings. The van der Waals surface area contributed by atoms with Crippen LogP contribution in [0, 0.1) is 5.82 Å². The van der Waals surface area contributed by atoms with Crippen molar-refractivity contribution in [2.75, 3.05) is 0 Å². The molecule has 0 atom stereocenters. The quantitative estimate of drug-likeness (QED) is 0.486. The molecule has 0 aliphatic heterocycles. The van der Waals surface area contributed by atoms with Crippen molar-refractivity contribution in [1.29, 1.82) is 0 Å². The molecule has 1 aromatic carbocycles. The molecular formula is C13H16BrFN2O. The Balaban J connectivity index is 2.40. The molecule has 1 rings (SSSR count). The van der Waals surface area contributed by atoms with Gasteiger partial charge in [0.25, 0.3) is 0 Å². The summed E-state index contributed by atoms with van der Waals surface area (Å²) in [6.07, 6.45) is 4.97. The summed E-state index contributed by atoms with van der Waals surface area (Å²) < 4.78 is 13.3. The van der Waals surface area contributed by atoms with Gasteiger partial charge in [-0.05, 0) is 40.0 Å². The van der Waals surface area contributed by atoms with E-state index in [0.717, 1.165) is 24.8 Å². The molecule has 0 bridgehead atoms. The predicted molar refractivity (Wildman–Crippen MR) is 74.0 cm³/mol. The summed E-state index contributed by atoms with van der Waals surface area (Å²) in [7, 11) is 0. The molecule has 0 unspecified atom stereocenters. The summed E-state index contributed by atoms with van der Waals surface area (Å²) in [5, 5.41) is 3.82. The number of hydrazone groups is 1. The number of benzene rings is 1. The molecule has 0 spiro atoms. The largest absolute Gasteiger partial charge is 0.273 e. The van der Waals surface area contributed by atoms with E-state index in [4.69, 9.17) is 0 Å². The molecule has 1 amide bonds. The number of halogens is 2. The van der Waals surface area contributed by atoms with Gasteiger partial charge in [0.15, 0.2) is 0 Å². The molecule has 0 saturated heterocycles. The Labute approximate surface area is 115 Å². The summed E-state index contributed by atoms with van der Waals surface area (Å²) in [5.74, 6) is -0.420. The first-order valence-electron chi connectivity index (χ1n) is 5.90. The van der Waals surface area contributed by atoms with Crippen LogP contribution in [-0.2, 0) is 4.79 Å². The van der Waals surface area contributed by atoms with Crippen molar-refractivity contribution in [1.82, 2.24) is 5.43 Å². The van der Waals surface area contributed by atoms with Crippen LogP contribution in [-0.4, -0.2) is 12.1 Å². The van der Waals surface area contributed by atoms with Gasteiger partial charge in [-0.25, -0.2) is 9.82 Å². The monoisotopic (exact) mass is 314 g/mol. The van der Waals surface area contributed by atoms with Gasteiger partial charge in [0, 0.05) is 6.42 Å². The fourth-order valence-corrected chi connectivity index (χ4v) is 1.76. The van der Waals surface area contributed by atoms with Crippen molar-refractivity contribution in [2.45, 2.75) is 32.6 Å². The highest BCUT2D eigenvalue weighted by Gasteiger charge is 2.00. The number of hydrogen-bond donors (Lipinski definition) is 1. The van der Waals surface area contributed by atoms with Gasteiger partial charge in [-0.3, -0.25) is 4.79 Å². The van der Waals surface area contributed by atoms with Crippen LogP contribution in [0.15, 0.2) is 27.8 Å². The van der Waals surface area contributed by atoms with E-state index in [-0.39, 0.29) is 11.7 Å². The first-order valence-corrected chi connectivity index (χ1v) is 6.69. The number of hydrogen-bond acceptors (Lipinski definition) is 2. The summed E-state index contributed by atoms with van der Waals surface area (Å²) in [6, 6.07) is 4.53. The Kier molecular flexibility index (Phi) is 6.57. The number of nitrogens with one attached hydrogen (secondary N) is 1. The molecule has 98 valence electrons. The van der Waals surface area contributed by atoms with Gasteiger partial charge in [0.2, 0.25) is 5.91 Å². The molecule has 0 heterocycles. The second kappa shape index (κ2) is 7.97. The molecule has 1 N–H and O–H groups in total. The topological polar surface area (TPSA) is 41.5 Å². The molecular weight excluding hydrogens is 299 g/mol. The highest BCUT2D eigenvalue weighted by Crippen LogP contribution is 2.15. The van der Waals surface area contributed by atoms with Gasteiger partial charge in [-0.2, -0.15) is 5.10 Å². The summed E-state index contributed by atoms with van der Waals surface area (Å²) in [4.78, 5) is 11.3. The van der Waals surface area contributed by atoms with Gasteiger partial charge >= 0.3 is 0 Å². The van der Waals surface area contributed by atoms with Gasteiger partial charge < -0.3 is 0 Å². The maximum atomic E-state index is 13.0. The van der Waals surface area contributed by atoms with Gasteiger partial charge in [0.05, 0.1) is 10.7 Å². The van der Waals surface area contributed by atoms with Crippen LogP contribution < -0.4 is 5.43 Å². The SMILES string of the molecule is CCCCCC(=O)N/N=C\c1ccc(F)c(Br)c1. The first kappa shape index (κ1) is 14.8. The second-order valence-electron chi connectivity index (χ2n) is 3.92. The standard InChI is InChI=1S/C13H16BrFN2O/c1-2-3-4-5-13(18)17-16-9-10-6-7-12(15)11(14)8-10/h6-9H,2-5H2,1H3,(H,17,18)/b16-9-. The Hall–Kier alpha value is -1.23. The maximum Gasteiger partial charge on any atom is 0.240 e. The van der Waals surface area contributed by atoms with Crippen molar-refractivity contribution < 1.29 is 9.18 Å². The van der Waals surface area contributed by atoms with E-state index in [9.17, 15) is 9.18 Å². The number of nitrogens with zero attached hydrogens (tertiary/aromatic N) is 1. The smallest absolute Gasteiger partial charge is 0.240 e. The number of carbonyl (C=O) groups excluding carboxylic acids is 1. The van der Waals surface area contributed by atoms with E-state index >= 15 is 0 Å². The summed E-state index contributed by atoms with van der Waals surface area (Å²) in [6.45, 7) is 2.09. The Morgan fingerprint density at radius 2 is 2.28 bits per heavy atom. The van der Waals surface area contributed by atoms with E-state index in [1.807, 2.05) is 0 Å². The van der Waals surface area contributed by atoms with Crippen molar-refractivity contribution in [2.24, 2.45) is 5.10 Å². The van der Waals surface area contributed by atoms with E-state index in [1.165, 1.54) is 12.3 Å². The first-order chi connectivity index (χ1) is 8.63. The minimum absolute atomic E-state index is 0.0964. The highest BCUT2D eigenvalue weighted by molar-refractivity contribution is 9.10. The zero-order chi connectivity index (χ0) is 13.4. The fraction of sp³-hybridized carbons (Fsp3) is 0.385. The van der Waals surface area contributed by atoms with E-state index in [2.05, 4.69) is 33.4 Å². The molecule has 0 aliphatic carbocycles. The van der Waals surface area contributed by atoms with Crippen molar-refractivity contribution >= 4 is 28.1 Å². The summed E-state index contributed by atoms with van der Waals surface area (Å²) >= 11 is 3.08. The minimum Gasteiger partial charge on any atom is -0.273 e. The van der Waals surface area contributed by atoms with Crippen LogP contribution in [0.4, 0.5) is 4.39 Å². The number of amides is 1. The lowest BCUT2D eigenvalue weighted by Gasteiger charge is -1.99. The lowest BCUT2D eigenvalue weighted by atomic mass is 10.2. The molecule has 0 radical (unpaired) electrons. The normalized spacial score (nSPS) is 10.8. The molecule has 5 heteroatoms. The zero-order valence-electron chi connectivity index (χ0n) is 10.2. The van der Waals surface area contributed by atoms with Crippen molar-refractivity contribution in [3.63, 3.8) is 0 Å². The Bertz CT molecular complexity index is 435. The van der Waals surface area contributed by atoms with E-state index in [0.29, 0.717) is 10.9 Å². The van der Waals surface area contributed by atoms with Crippen LogP contribution >= 0.6 is 15.9 Å². The van der Waals surface area contributed by atoms with Crippen molar-refractivity contribution in [3.05, 3.63) is 34.1 Å². The molecule has 0 aliphatic rings. The van der Waals surface area contributed by atoms with Gasteiger partial charge in [-0.15, -0.1) is 0 Å². The minimum atomic E-state index is -0.323. The Morgan fingerprint density at radius 3 is 2.94 bits per heavy atom. The van der Waals surface area contributed by atoms with Crippen LogP contribution in [0.2, 0.25) is 0 Å². The third-order valence-electron chi connectivity index (χ3n) is 2.35. The fourth-order valence-electron chi connectivity index (χ4n) is 1.36. The Morgan fingerprint density at radius 1 is 1.50 bits per heavy atom.